The number of hydrogen-bond acceptors (Lipinski definition) is 4. The molecule has 0 radical (unpaired) electrons. The van der Waals surface area contributed by atoms with E-state index in [0.29, 0.717) is 4.70 Å². The Morgan fingerprint density at radius 2 is 2.22 bits per heavy atom. The van der Waals surface area contributed by atoms with E-state index in [1.807, 2.05) is 26.8 Å². The van der Waals surface area contributed by atoms with Crippen molar-refractivity contribution in [1.82, 2.24) is 9.78 Å². The normalized spacial score (nSPS) is 11.3. The second-order valence-electron chi connectivity index (χ2n) is 4.50. The Hall–Kier alpha value is -1.69. The van der Waals surface area contributed by atoms with Gasteiger partial charge >= 0.3 is 5.97 Å². The van der Waals surface area contributed by atoms with Crippen LogP contribution in [0.15, 0.2) is 10.9 Å². The number of aliphatic carboxylic acids is 1. The van der Waals surface area contributed by atoms with Gasteiger partial charge in [0.15, 0.2) is 0 Å². The van der Waals surface area contributed by atoms with Crippen molar-refractivity contribution in [2.45, 2.75) is 33.2 Å². The molecule has 1 N–H and O–H groups in total. The summed E-state index contributed by atoms with van der Waals surface area (Å²) in [6, 6.07) is 1.94. The molecule has 96 valence electrons. The topological polar surface area (TPSA) is 72.2 Å². The van der Waals surface area contributed by atoms with Gasteiger partial charge < -0.3 is 5.11 Å². The Kier molecular flexibility index (Phi) is 3.21. The van der Waals surface area contributed by atoms with Crippen molar-refractivity contribution < 1.29 is 9.90 Å². The van der Waals surface area contributed by atoms with Gasteiger partial charge in [0.25, 0.3) is 5.56 Å². The molecule has 2 aromatic rings. The molecule has 0 saturated carbocycles. The highest BCUT2D eigenvalue weighted by atomic mass is 32.1. The van der Waals surface area contributed by atoms with Gasteiger partial charge in [-0.25, -0.2) is 4.68 Å². The first-order valence-corrected chi connectivity index (χ1v) is 6.44. The molecular weight excluding hydrogens is 252 g/mol. The molecule has 2 rings (SSSR count). The summed E-state index contributed by atoms with van der Waals surface area (Å²) in [7, 11) is 0. The van der Waals surface area contributed by atoms with Crippen LogP contribution in [-0.2, 0) is 11.3 Å². The maximum Gasteiger partial charge on any atom is 0.325 e. The number of nitrogens with zero attached hydrogens (tertiary/aromatic N) is 2. The van der Waals surface area contributed by atoms with E-state index in [1.165, 1.54) is 11.3 Å². The summed E-state index contributed by atoms with van der Waals surface area (Å²) in [5.41, 5.74) is 0.449. The van der Waals surface area contributed by atoms with Crippen LogP contribution < -0.4 is 5.56 Å². The fourth-order valence-corrected chi connectivity index (χ4v) is 2.84. The Morgan fingerprint density at radius 3 is 2.78 bits per heavy atom. The predicted octanol–water partition coefficient (Wildman–Crippen LogP) is 1.97. The van der Waals surface area contributed by atoms with Crippen LogP contribution in [0, 0.1) is 6.92 Å². The van der Waals surface area contributed by atoms with Crippen molar-refractivity contribution in [3.63, 3.8) is 0 Å². The molecule has 0 aliphatic heterocycles. The zero-order valence-corrected chi connectivity index (χ0v) is 11.2. The van der Waals surface area contributed by atoms with Crippen LogP contribution in [-0.4, -0.2) is 20.9 Å². The molecule has 0 aliphatic rings. The highest BCUT2D eigenvalue weighted by molar-refractivity contribution is 7.18. The monoisotopic (exact) mass is 266 g/mol. The average Bonchev–Trinajstić information content (AvgIpc) is 2.63. The quantitative estimate of drug-likeness (QED) is 0.922. The minimum Gasteiger partial charge on any atom is -0.480 e. The molecule has 0 bridgehead atoms. The highest BCUT2D eigenvalue weighted by Crippen LogP contribution is 2.27. The molecule has 0 amide bonds. The molecule has 0 atom stereocenters. The molecule has 5 nitrogen and oxygen atoms in total. The summed E-state index contributed by atoms with van der Waals surface area (Å²) in [6.07, 6.45) is 0. The third kappa shape index (κ3) is 2.15. The first-order chi connectivity index (χ1) is 8.40. The van der Waals surface area contributed by atoms with Gasteiger partial charge in [-0.15, -0.1) is 11.3 Å². The Balaban J connectivity index is 2.78. The molecule has 2 heterocycles. The van der Waals surface area contributed by atoms with E-state index in [0.717, 1.165) is 20.6 Å². The van der Waals surface area contributed by atoms with Crippen LogP contribution in [0.3, 0.4) is 0 Å². The van der Waals surface area contributed by atoms with Crippen molar-refractivity contribution in [2.75, 3.05) is 0 Å². The molecule has 2 aromatic heterocycles. The standard InChI is InChI=1S/C12H14N2O3S/c1-6(2)10-8-4-7(3)18-11(8)12(17)14(13-10)5-9(15)16/h4,6H,5H2,1-3H3,(H,15,16). The Labute approximate surface area is 108 Å². The van der Waals surface area contributed by atoms with E-state index in [2.05, 4.69) is 5.10 Å². The zero-order valence-electron chi connectivity index (χ0n) is 10.4. The zero-order chi connectivity index (χ0) is 13.4. The predicted molar refractivity (Wildman–Crippen MR) is 70.3 cm³/mol. The minimum atomic E-state index is -1.06. The molecule has 0 fully saturated rings. The van der Waals surface area contributed by atoms with Gasteiger partial charge in [-0.3, -0.25) is 9.59 Å². The SMILES string of the molecule is Cc1cc2c(C(C)C)nn(CC(=O)O)c(=O)c2s1. The summed E-state index contributed by atoms with van der Waals surface area (Å²) in [4.78, 5) is 23.9. The number of aromatic nitrogens is 2. The molecule has 0 aliphatic carbocycles. The van der Waals surface area contributed by atoms with Gasteiger partial charge in [-0.1, -0.05) is 13.8 Å². The van der Waals surface area contributed by atoms with Gasteiger partial charge in [0.1, 0.15) is 11.2 Å². The summed E-state index contributed by atoms with van der Waals surface area (Å²) in [5, 5.41) is 13.8. The fourth-order valence-electron chi connectivity index (χ4n) is 1.87. The molecule has 0 aromatic carbocycles. The number of thiophene rings is 1. The van der Waals surface area contributed by atoms with Crippen molar-refractivity contribution in [1.29, 1.82) is 0 Å². The number of fused-ring (bicyclic) bond motifs is 1. The maximum atomic E-state index is 12.1. The second-order valence-corrected chi connectivity index (χ2v) is 5.75. The van der Waals surface area contributed by atoms with Crippen LogP contribution in [0.1, 0.15) is 30.3 Å². The highest BCUT2D eigenvalue weighted by Gasteiger charge is 2.16. The van der Waals surface area contributed by atoms with E-state index in [9.17, 15) is 9.59 Å². The van der Waals surface area contributed by atoms with E-state index in [4.69, 9.17) is 5.11 Å². The lowest BCUT2D eigenvalue weighted by Crippen LogP contribution is -2.27. The lowest BCUT2D eigenvalue weighted by Gasteiger charge is -2.09. The van der Waals surface area contributed by atoms with Crippen LogP contribution in [0.5, 0.6) is 0 Å². The van der Waals surface area contributed by atoms with Crippen LogP contribution >= 0.6 is 11.3 Å². The Bertz CT molecular complexity index is 670. The van der Waals surface area contributed by atoms with Gasteiger partial charge in [0.05, 0.1) is 5.69 Å². The lowest BCUT2D eigenvalue weighted by atomic mass is 10.1. The minimum absolute atomic E-state index is 0.141. The van der Waals surface area contributed by atoms with Crippen molar-refractivity contribution in [3.05, 3.63) is 27.0 Å². The van der Waals surface area contributed by atoms with Gasteiger partial charge in [0, 0.05) is 10.3 Å². The largest absolute Gasteiger partial charge is 0.480 e. The van der Waals surface area contributed by atoms with Crippen molar-refractivity contribution in [2.24, 2.45) is 0 Å². The number of carboxylic acids is 1. The van der Waals surface area contributed by atoms with Gasteiger partial charge in [-0.05, 0) is 18.9 Å². The smallest absolute Gasteiger partial charge is 0.325 e. The van der Waals surface area contributed by atoms with Crippen molar-refractivity contribution >= 4 is 27.4 Å². The van der Waals surface area contributed by atoms with Crippen molar-refractivity contribution in [3.8, 4) is 0 Å². The molecule has 0 saturated heterocycles. The molecular formula is C12H14N2O3S. The summed E-state index contributed by atoms with van der Waals surface area (Å²) in [5.74, 6) is -0.922. The summed E-state index contributed by atoms with van der Waals surface area (Å²) >= 11 is 1.39. The van der Waals surface area contributed by atoms with E-state index in [-0.39, 0.29) is 11.5 Å². The average molecular weight is 266 g/mol. The second kappa shape index (κ2) is 4.53. The van der Waals surface area contributed by atoms with E-state index < -0.39 is 12.5 Å². The van der Waals surface area contributed by atoms with E-state index in [1.54, 1.807) is 0 Å². The molecule has 6 heteroatoms. The Morgan fingerprint density at radius 1 is 1.56 bits per heavy atom. The first kappa shape index (κ1) is 12.8. The lowest BCUT2D eigenvalue weighted by molar-refractivity contribution is -0.138. The third-order valence-corrected chi connectivity index (χ3v) is 3.66. The number of aryl methyl sites for hydroxylation is 1. The molecule has 0 unspecified atom stereocenters. The van der Waals surface area contributed by atoms with Crippen LogP contribution in [0.2, 0.25) is 0 Å². The number of rotatable bonds is 3. The van der Waals surface area contributed by atoms with Gasteiger partial charge in [-0.2, -0.15) is 5.10 Å². The fraction of sp³-hybridized carbons (Fsp3) is 0.417. The summed E-state index contributed by atoms with van der Waals surface area (Å²) in [6.45, 7) is 5.48. The van der Waals surface area contributed by atoms with E-state index >= 15 is 0 Å². The first-order valence-electron chi connectivity index (χ1n) is 5.63. The third-order valence-electron chi connectivity index (χ3n) is 2.62. The number of carbonyl (C=O) groups is 1. The maximum absolute atomic E-state index is 12.1. The van der Waals surface area contributed by atoms with Gasteiger partial charge in [0.2, 0.25) is 0 Å². The summed E-state index contributed by atoms with van der Waals surface area (Å²) < 4.78 is 1.63. The number of hydrogen-bond donors (Lipinski definition) is 1. The molecule has 0 spiro atoms. The molecule has 18 heavy (non-hydrogen) atoms. The van der Waals surface area contributed by atoms with Crippen LogP contribution in [0.25, 0.3) is 10.1 Å². The van der Waals surface area contributed by atoms with Crippen LogP contribution in [0.4, 0.5) is 0 Å². The number of carboxylic acid groups (broad SMARTS) is 1.